The van der Waals surface area contributed by atoms with Crippen molar-refractivity contribution in [2.24, 2.45) is 0 Å². The molecule has 2 aromatic carbocycles. The van der Waals surface area contributed by atoms with Crippen LogP contribution in [0.4, 0.5) is 4.39 Å². The standard InChI is InChI=1S/C17H16BrFO2/c18-15-6-5-12(19)9-14(15)16(20)10-17-13-4-2-1-3-11(13)7-8-21-17/h1-6,9,16-17,20H,7-8,10H2. The summed E-state index contributed by atoms with van der Waals surface area (Å²) >= 11 is 3.36. The zero-order chi connectivity index (χ0) is 14.8. The summed E-state index contributed by atoms with van der Waals surface area (Å²) in [5.74, 6) is -0.350. The van der Waals surface area contributed by atoms with Crippen molar-refractivity contribution in [3.63, 3.8) is 0 Å². The van der Waals surface area contributed by atoms with Crippen LogP contribution in [0.2, 0.25) is 0 Å². The molecule has 110 valence electrons. The first-order valence-corrected chi connectivity index (χ1v) is 7.77. The van der Waals surface area contributed by atoms with Crippen LogP contribution in [0, 0.1) is 5.82 Å². The summed E-state index contributed by atoms with van der Waals surface area (Å²) in [6, 6.07) is 12.5. The van der Waals surface area contributed by atoms with Crippen LogP contribution in [-0.4, -0.2) is 11.7 Å². The van der Waals surface area contributed by atoms with Gasteiger partial charge < -0.3 is 9.84 Å². The summed E-state index contributed by atoms with van der Waals surface area (Å²) in [5.41, 5.74) is 2.94. The van der Waals surface area contributed by atoms with E-state index in [9.17, 15) is 9.50 Å². The van der Waals surface area contributed by atoms with Gasteiger partial charge in [0.15, 0.2) is 0 Å². The van der Waals surface area contributed by atoms with Gasteiger partial charge in [0.05, 0.1) is 18.8 Å². The second-order valence-corrected chi connectivity index (χ2v) is 6.08. The Morgan fingerprint density at radius 3 is 2.95 bits per heavy atom. The van der Waals surface area contributed by atoms with Crippen LogP contribution in [0.25, 0.3) is 0 Å². The van der Waals surface area contributed by atoms with Gasteiger partial charge in [0, 0.05) is 10.9 Å². The zero-order valence-corrected chi connectivity index (χ0v) is 13.0. The monoisotopic (exact) mass is 350 g/mol. The van der Waals surface area contributed by atoms with E-state index in [-0.39, 0.29) is 11.9 Å². The van der Waals surface area contributed by atoms with Gasteiger partial charge in [0.2, 0.25) is 0 Å². The Bertz CT molecular complexity index is 644. The third kappa shape index (κ3) is 3.18. The fourth-order valence-electron chi connectivity index (χ4n) is 2.77. The third-order valence-electron chi connectivity index (χ3n) is 3.85. The molecule has 1 aliphatic heterocycles. The normalized spacial score (nSPS) is 19.1. The van der Waals surface area contributed by atoms with E-state index in [1.807, 2.05) is 18.2 Å². The highest BCUT2D eigenvalue weighted by Gasteiger charge is 2.24. The van der Waals surface area contributed by atoms with Crippen molar-refractivity contribution in [2.75, 3.05) is 6.61 Å². The molecule has 2 aromatic rings. The summed E-state index contributed by atoms with van der Waals surface area (Å²) < 4.78 is 19.9. The lowest BCUT2D eigenvalue weighted by atomic mass is 9.92. The molecule has 0 radical (unpaired) electrons. The first-order chi connectivity index (χ1) is 10.1. The fraction of sp³-hybridized carbons (Fsp3) is 0.294. The van der Waals surface area contributed by atoms with Crippen molar-refractivity contribution in [3.05, 3.63) is 69.4 Å². The van der Waals surface area contributed by atoms with Crippen molar-refractivity contribution >= 4 is 15.9 Å². The lowest BCUT2D eigenvalue weighted by molar-refractivity contribution is 0.00355. The SMILES string of the molecule is OC(CC1OCCc2ccccc21)c1cc(F)ccc1Br. The Morgan fingerprint density at radius 1 is 1.29 bits per heavy atom. The highest BCUT2D eigenvalue weighted by atomic mass is 79.9. The van der Waals surface area contributed by atoms with E-state index in [2.05, 4.69) is 22.0 Å². The Labute approximate surface area is 131 Å². The number of aliphatic hydroxyl groups is 1. The summed E-state index contributed by atoms with van der Waals surface area (Å²) in [6.45, 7) is 0.652. The van der Waals surface area contributed by atoms with Gasteiger partial charge >= 0.3 is 0 Å². The molecule has 0 spiro atoms. The molecule has 0 saturated heterocycles. The highest BCUT2D eigenvalue weighted by Crippen LogP contribution is 2.36. The molecule has 0 aliphatic carbocycles. The lowest BCUT2D eigenvalue weighted by Gasteiger charge is -2.28. The molecule has 0 amide bonds. The molecule has 1 N–H and O–H groups in total. The molecular weight excluding hydrogens is 335 g/mol. The molecule has 4 heteroatoms. The summed E-state index contributed by atoms with van der Waals surface area (Å²) in [5, 5.41) is 10.4. The molecule has 2 nitrogen and oxygen atoms in total. The number of hydrogen-bond donors (Lipinski definition) is 1. The van der Waals surface area contributed by atoms with E-state index in [1.165, 1.54) is 17.7 Å². The molecule has 0 aromatic heterocycles. The molecule has 1 aliphatic rings. The van der Waals surface area contributed by atoms with Crippen molar-refractivity contribution < 1.29 is 14.2 Å². The van der Waals surface area contributed by atoms with E-state index >= 15 is 0 Å². The van der Waals surface area contributed by atoms with Crippen LogP contribution >= 0.6 is 15.9 Å². The Balaban J connectivity index is 1.82. The molecule has 0 saturated carbocycles. The van der Waals surface area contributed by atoms with Gasteiger partial charge in [0.25, 0.3) is 0 Å². The van der Waals surface area contributed by atoms with Crippen LogP contribution in [0.5, 0.6) is 0 Å². The summed E-state index contributed by atoms with van der Waals surface area (Å²) in [4.78, 5) is 0. The van der Waals surface area contributed by atoms with Crippen molar-refractivity contribution in [1.29, 1.82) is 0 Å². The average molecular weight is 351 g/mol. The Hall–Kier alpha value is -1.23. The first-order valence-electron chi connectivity index (χ1n) is 6.97. The lowest BCUT2D eigenvalue weighted by Crippen LogP contribution is -2.18. The largest absolute Gasteiger partial charge is 0.388 e. The topological polar surface area (TPSA) is 29.5 Å². The fourth-order valence-corrected chi connectivity index (χ4v) is 3.28. The number of hydrogen-bond acceptors (Lipinski definition) is 2. The average Bonchev–Trinajstić information content (AvgIpc) is 2.50. The minimum absolute atomic E-state index is 0.153. The predicted molar refractivity (Wildman–Crippen MR) is 82.5 cm³/mol. The van der Waals surface area contributed by atoms with Crippen LogP contribution in [-0.2, 0) is 11.2 Å². The van der Waals surface area contributed by atoms with Crippen LogP contribution < -0.4 is 0 Å². The highest BCUT2D eigenvalue weighted by molar-refractivity contribution is 9.10. The van der Waals surface area contributed by atoms with Crippen molar-refractivity contribution in [3.8, 4) is 0 Å². The van der Waals surface area contributed by atoms with Gasteiger partial charge in [-0.05, 0) is 41.3 Å². The first kappa shape index (κ1) is 14.7. The van der Waals surface area contributed by atoms with Gasteiger partial charge in [0.1, 0.15) is 5.82 Å². The van der Waals surface area contributed by atoms with Crippen molar-refractivity contribution in [2.45, 2.75) is 25.0 Å². The maximum absolute atomic E-state index is 13.4. The zero-order valence-electron chi connectivity index (χ0n) is 11.4. The van der Waals surface area contributed by atoms with Gasteiger partial charge in [-0.3, -0.25) is 0 Å². The van der Waals surface area contributed by atoms with E-state index in [1.54, 1.807) is 6.07 Å². The molecular formula is C17H16BrFO2. The number of aliphatic hydroxyl groups excluding tert-OH is 1. The molecule has 1 heterocycles. The minimum Gasteiger partial charge on any atom is -0.388 e. The maximum atomic E-state index is 13.4. The van der Waals surface area contributed by atoms with Gasteiger partial charge in [-0.2, -0.15) is 0 Å². The minimum atomic E-state index is -0.772. The quantitative estimate of drug-likeness (QED) is 0.892. The number of halogens is 2. The molecule has 3 rings (SSSR count). The molecule has 0 fully saturated rings. The summed E-state index contributed by atoms with van der Waals surface area (Å²) in [7, 11) is 0. The number of benzene rings is 2. The van der Waals surface area contributed by atoms with E-state index < -0.39 is 6.10 Å². The smallest absolute Gasteiger partial charge is 0.123 e. The predicted octanol–water partition coefficient (Wildman–Crippen LogP) is 4.33. The van der Waals surface area contributed by atoms with Gasteiger partial charge in [-0.25, -0.2) is 4.39 Å². The number of rotatable bonds is 3. The Morgan fingerprint density at radius 2 is 2.10 bits per heavy atom. The van der Waals surface area contributed by atoms with Crippen molar-refractivity contribution in [1.82, 2.24) is 0 Å². The van der Waals surface area contributed by atoms with E-state index in [0.29, 0.717) is 23.1 Å². The Kier molecular flexibility index (Phi) is 4.38. The number of ether oxygens (including phenoxy) is 1. The van der Waals surface area contributed by atoms with Crippen LogP contribution in [0.15, 0.2) is 46.9 Å². The molecule has 2 unspecified atom stereocenters. The molecule has 0 bridgehead atoms. The van der Waals surface area contributed by atoms with Crippen LogP contribution in [0.3, 0.4) is 0 Å². The van der Waals surface area contributed by atoms with E-state index in [0.717, 1.165) is 12.0 Å². The van der Waals surface area contributed by atoms with Gasteiger partial charge in [-0.15, -0.1) is 0 Å². The van der Waals surface area contributed by atoms with Crippen LogP contribution in [0.1, 0.15) is 35.3 Å². The van der Waals surface area contributed by atoms with E-state index in [4.69, 9.17) is 4.74 Å². The third-order valence-corrected chi connectivity index (χ3v) is 4.57. The molecule has 21 heavy (non-hydrogen) atoms. The molecule has 2 atom stereocenters. The number of fused-ring (bicyclic) bond motifs is 1. The second kappa shape index (κ2) is 6.26. The van der Waals surface area contributed by atoms with Gasteiger partial charge in [-0.1, -0.05) is 40.2 Å². The maximum Gasteiger partial charge on any atom is 0.123 e. The second-order valence-electron chi connectivity index (χ2n) is 5.23. The summed E-state index contributed by atoms with van der Waals surface area (Å²) in [6.07, 6.45) is 0.386.